The Kier molecular flexibility index (Phi) is 3.36. The van der Waals surface area contributed by atoms with Gasteiger partial charge in [-0.05, 0) is 60.9 Å². The lowest BCUT2D eigenvalue weighted by molar-refractivity contribution is 0.306. The molecule has 24 heavy (non-hydrogen) atoms. The molecule has 2 aliphatic carbocycles. The van der Waals surface area contributed by atoms with Crippen molar-refractivity contribution in [1.29, 1.82) is 0 Å². The lowest BCUT2D eigenvalue weighted by atomic mass is 9.86. The third-order valence-corrected chi connectivity index (χ3v) is 6.00. The molecule has 0 aliphatic heterocycles. The highest BCUT2D eigenvalue weighted by Crippen LogP contribution is 2.52. The second kappa shape index (κ2) is 5.70. The van der Waals surface area contributed by atoms with Crippen LogP contribution in [0.1, 0.15) is 42.9 Å². The van der Waals surface area contributed by atoms with Gasteiger partial charge in [0, 0.05) is 22.5 Å². The molecule has 2 bridgehead atoms. The number of rotatable bonds is 4. The van der Waals surface area contributed by atoms with Crippen molar-refractivity contribution in [1.82, 2.24) is 4.98 Å². The van der Waals surface area contributed by atoms with E-state index in [0.29, 0.717) is 6.61 Å². The third kappa shape index (κ3) is 2.50. The Morgan fingerprint density at radius 2 is 1.88 bits per heavy atom. The van der Waals surface area contributed by atoms with E-state index in [4.69, 9.17) is 4.74 Å². The van der Waals surface area contributed by atoms with Crippen molar-refractivity contribution in [3.05, 3.63) is 65.9 Å². The highest BCUT2D eigenvalue weighted by Gasteiger charge is 2.40. The van der Waals surface area contributed by atoms with Crippen molar-refractivity contribution in [2.75, 3.05) is 0 Å². The molecule has 3 aromatic rings. The average Bonchev–Trinajstić information content (AvgIpc) is 3.35. The molecule has 1 aromatic heterocycles. The maximum absolute atomic E-state index is 5.97. The summed E-state index contributed by atoms with van der Waals surface area (Å²) in [4.78, 5) is 3.67. The summed E-state index contributed by atoms with van der Waals surface area (Å²) in [5.41, 5.74) is 3.88. The molecular formula is C22H23NO. The molecule has 2 fully saturated rings. The van der Waals surface area contributed by atoms with E-state index in [9.17, 15) is 0 Å². The third-order valence-electron chi connectivity index (χ3n) is 6.00. The topological polar surface area (TPSA) is 25.0 Å². The van der Waals surface area contributed by atoms with Crippen LogP contribution in [0.4, 0.5) is 0 Å². The molecule has 0 radical (unpaired) electrons. The van der Waals surface area contributed by atoms with Gasteiger partial charge in [-0.1, -0.05) is 36.8 Å². The van der Waals surface area contributed by atoms with Crippen molar-refractivity contribution in [3.8, 4) is 5.75 Å². The first-order chi connectivity index (χ1) is 11.8. The molecule has 2 saturated carbocycles. The van der Waals surface area contributed by atoms with Gasteiger partial charge in [0.1, 0.15) is 12.4 Å². The normalized spacial score (nSPS) is 25.4. The predicted molar refractivity (Wildman–Crippen MR) is 97.3 cm³/mol. The molecule has 2 nitrogen and oxygen atoms in total. The summed E-state index contributed by atoms with van der Waals surface area (Å²) in [6.07, 6.45) is 5.72. The molecule has 2 aliphatic rings. The second-order valence-corrected chi connectivity index (χ2v) is 7.53. The largest absolute Gasteiger partial charge is 0.489 e. The van der Waals surface area contributed by atoms with Crippen molar-refractivity contribution in [2.24, 2.45) is 11.8 Å². The maximum atomic E-state index is 5.97. The molecular weight excluding hydrogens is 294 g/mol. The first-order valence-corrected chi connectivity index (χ1v) is 9.14. The van der Waals surface area contributed by atoms with Crippen LogP contribution in [-0.2, 0) is 6.61 Å². The molecule has 0 unspecified atom stereocenters. The minimum atomic E-state index is 0.621. The molecule has 1 heterocycles. The highest BCUT2D eigenvalue weighted by atomic mass is 16.5. The summed E-state index contributed by atoms with van der Waals surface area (Å²) in [5.74, 6) is 3.60. The number of aromatic nitrogens is 1. The quantitative estimate of drug-likeness (QED) is 0.661. The average molecular weight is 317 g/mol. The van der Waals surface area contributed by atoms with Gasteiger partial charge in [0.2, 0.25) is 0 Å². The SMILES string of the molecule is c1ccc(COc2ccc3[nH]c([C@@H]4C[C@H]5CC[C@@H]4C5)cc3c2)cc1. The van der Waals surface area contributed by atoms with Gasteiger partial charge in [0.25, 0.3) is 0 Å². The summed E-state index contributed by atoms with van der Waals surface area (Å²) in [7, 11) is 0. The highest BCUT2D eigenvalue weighted by molar-refractivity contribution is 5.82. The summed E-state index contributed by atoms with van der Waals surface area (Å²) in [5, 5.41) is 1.28. The van der Waals surface area contributed by atoms with Crippen LogP contribution in [0.25, 0.3) is 10.9 Å². The number of H-pyrrole nitrogens is 1. The lowest BCUT2D eigenvalue weighted by Gasteiger charge is -2.20. The van der Waals surface area contributed by atoms with Gasteiger partial charge in [-0.3, -0.25) is 0 Å². The number of benzene rings is 2. The van der Waals surface area contributed by atoms with Crippen LogP contribution in [0.3, 0.4) is 0 Å². The van der Waals surface area contributed by atoms with Crippen LogP contribution in [0.5, 0.6) is 5.75 Å². The molecule has 2 aromatic carbocycles. The summed E-state index contributed by atoms with van der Waals surface area (Å²) < 4.78 is 5.97. The van der Waals surface area contributed by atoms with E-state index in [1.54, 1.807) is 0 Å². The minimum absolute atomic E-state index is 0.621. The predicted octanol–water partition coefficient (Wildman–Crippen LogP) is 5.65. The van der Waals surface area contributed by atoms with Gasteiger partial charge >= 0.3 is 0 Å². The molecule has 0 saturated heterocycles. The minimum Gasteiger partial charge on any atom is -0.489 e. The van der Waals surface area contributed by atoms with Gasteiger partial charge in [-0.25, -0.2) is 0 Å². The molecule has 1 N–H and O–H groups in total. The zero-order valence-corrected chi connectivity index (χ0v) is 13.9. The summed E-state index contributed by atoms with van der Waals surface area (Å²) in [6.45, 7) is 0.621. The molecule has 2 heteroatoms. The first-order valence-electron chi connectivity index (χ1n) is 9.14. The second-order valence-electron chi connectivity index (χ2n) is 7.53. The Balaban J connectivity index is 1.36. The number of fused-ring (bicyclic) bond motifs is 3. The van der Waals surface area contributed by atoms with Crippen LogP contribution in [0.2, 0.25) is 0 Å². The van der Waals surface area contributed by atoms with Gasteiger partial charge in [-0.15, -0.1) is 0 Å². The van der Waals surface area contributed by atoms with Crippen LogP contribution in [-0.4, -0.2) is 4.98 Å². The molecule has 0 amide bonds. The Bertz CT molecular complexity index is 851. The Hall–Kier alpha value is -2.22. The van der Waals surface area contributed by atoms with E-state index in [2.05, 4.69) is 53.5 Å². The maximum Gasteiger partial charge on any atom is 0.120 e. The van der Waals surface area contributed by atoms with Crippen molar-refractivity contribution < 1.29 is 4.74 Å². The van der Waals surface area contributed by atoms with Gasteiger partial charge in [0.05, 0.1) is 0 Å². The fraction of sp³-hybridized carbons (Fsp3) is 0.364. The van der Waals surface area contributed by atoms with Crippen LogP contribution >= 0.6 is 0 Å². The van der Waals surface area contributed by atoms with E-state index in [1.807, 2.05) is 6.07 Å². The van der Waals surface area contributed by atoms with E-state index in [-0.39, 0.29) is 0 Å². The standard InChI is InChI=1S/C22H23NO/c1-2-4-15(5-3-1)14-24-19-8-9-21-18(12-19)13-22(23-21)20-11-16-6-7-17(20)10-16/h1-5,8-9,12-13,16-17,20,23H,6-7,10-11,14H2/t16-,17+,20+/m0/s1. The smallest absolute Gasteiger partial charge is 0.120 e. The molecule has 0 spiro atoms. The van der Waals surface area contributed by atoms with Crippen molar-refractivity contribution >= 4 is 10.9 Å². The fourth-order valence-corrected chi connectivity index (χ4v) is 4.79. The van der Waals surface area contributed by atoms with Crippen molar-refractivity contribution in [3.63, 3.8) is 0 Å². The number of hydrogen-bond acceptors (Lipinski definition) is 1. The first kappa shape index (κ1) is 14.2. The number of nitrogens with one attached hydrogen (secondary N) is 1. The van der Waals surface area contributed by atoms with Crippen LogP contribution in [0.15, 0.2) is 54.6 Å². The van der Waals surface area contributed by atoms with Gasteiger partial charge < -0.3 is 9.72 Å². The monoisotopic (exact) mass is 317 g/mol. The Morgan fingerprint density at radius 3 is 2.67 bits per heavy atom. The number of aromatic amines is 1. The van der Waals surface area contributed by atoms with E-state index < -0.39 is 0 Å². The van der Waals surface area contributed by atoms with Crippen LogP contribution in [0, 0.1) is 11.8 Å². The van der Waals surface area contributed by atoms with E-state index in [1.165, 1.54) is 47.8 Å². The zero-order valence-electron chi connectivity index (χ0n) is 13.9. The molecule has 3 atom stereocenters. The number of ether oxygens (including phenoxy) is 1. The fourth-order valence-electron chi connectivity index (χ4n) is 4.79. The van der Waals surface area contributed by atoms with Gasteiger partial charge in [-0.2, -0.15) is 0 Å². The Morgan fingerprint density at radius 1 is 0.958 bits per heavy atom. The van der Waals surface area contributed by atoms with Crippen molar-refractivity contribution in [2.45, 2.75) is 38.2 Å². The lowest BCUT2D eigenvalue weighted by Crippen LogP contribution is -2.08. The zero-order chi connectivity index (χ0) is 15.9. The van der Waals surface area contributed by atoms with E-state index in [0.717, 1.165) is 23.5 Å². The number of hydrogen-bond donors (Lipinski definition) is 1. The van der Waals surface area contributed by atoms with Gasteiger partial charge in [0.15, 0.2) is 0 Å². The molecule has 5 rings (SSSR count). The molecule has 122 valence electrons. The van der Waals surface area contributed by atoms with Crippen LogP contribution < -0.4 is 4.74 Å². The summed E-state index contributed by atoms with van der Waals surface area (Å²) >= 11 is 0. The van der Waals surface area contributed by atoms with E-state index >= 15 is 0 Å². The summed E-state index contributed by atoms with van der Waals surface area (Å²) in [6, 6.07) is 19.1. The Labute approximate surface area is 142 Å².